The molecule has 25 heavy (non-hydrogen) atoms. The van der Waals surface area contributed by atoms with Crippen LogP contribution in [0.4, 0.5) is 0 Å². The van der Waals surface area contributed by atoms with Gasteiger partial charge in [-0.25, -0.2) is 5.43 Å². The van der Waals surface area contributed by atoms with Crippen LogP contribution in [-0.4, -0.2) is 23.1 Å². The minimum atomic E-state index is -0.411. The smallest absolute Gasteiger partial charge is 0.307 e. The molecule has 0 atom stereocenters. The van der Waals surface area contributed by atoms with Crippen LogP contribution >= 0.6 is 0 Å². The van der Waals surface area contributed by atoms with Crippen molar-refractivity contribution in [1.29, 1.82) is 0 Å². The van der Waals surface area contributed by atoms with E-state index in [9.17, 15) is 9.59 Å². The fourth-order valence-electron chi connectivity index (χ4n) is 5.48. The largest absolute Gasteiger partial charge is 0.459 e. The monoisotopic (exact) mass is 343 g/mol. The Morgan fingerprint density at radius 3 is 2.40 bits per heavy atom. The van der Waals surface area contributed by atoms with Crippen molar-refractivity contribution in [3.8, 4) is 0 Å². The van der Waals surface area contributed by atoms with Crippen molar-refractivity contribution in [2.24, 2.45) is 22.9 Å². The standard InChI is InChI=1S/C19H25N3O3/c1-12(21-22-18(24)16-3-2-4-25-16)5-17(23)20-19-9-13-6-14(10-19)8-15(7-13)11-19/h2-4,13-15H,5-11H2,1H3,(H,20,23)(H,22,24)/b21-12-. The first-order chi connectivity index (χ1) is 12.0. The van der Waals surface area contributed by atoms with E-state index in [0.717, 1.165) is 37.0 Å². The van der Waals surface area contributed by atoms with E-state index in [1.165, 1.54) is 25.5 Å². The van der Waals surface area contributed by atoms with E-state index in [1.807, 2.05) is 0 Å². The number of nitrogens with zero attached hydrogens (tertiary/aromatic N) is 1. The summed E-state index contributed by atoms with van der Waals surface area (Å²) in [6.07, 6.45) is 9.12. The van der Waals surface area contributed by atoms with Gasteiger partial charge in [0.2, 0.25) is 5.91 Å². The summed E-state index contributed by atoms with van der Waals surface area (Å²) in [6.45, 7) is 1.75. The number of amides is 2. The summed E-state index contributed by atoms with van der Waals surface area (Å²) in [5.41, 5.74) is 3.03. The van der Waals surface area contributed by atoms with Crippen molar-refractivity contribution in [1.82, 2.24) is 10.7 Å². The average molecular weight is 343 g/mol. The van der Waals surface area contributed by atoms with Gasteiger partial charge < -0.3 is 9.73 Å². The Bertz CT molecular complexity index is 657. The molecule has 4 fully saturated rings. The first kappa shape index (κ1) is 16.4. The Hall–Kier alpha value is -2.11. The Balaban J connectivity index is 1.31. The summed E-state index contributed by atoms with van der Waals surface area (Å²) < 4.78 is 5.01. The van der Waals surface area contributed by atoms with Gasteiger partial charge in [0.05, 0.1) is 12.7 Å². The van der Waals surface area contributed by atoms with Crippen LogP contribution in [0.2, 0.25) is 0 Å². The average Bonchev–Trinajstić information content (AvgIpc) is 3.05. The van der Waals surface area contributed by atoms with Gasteiger partial charge >= 0.3 is 5.91 Å². The van der Waals surface area contributed by atoms with Crippen molar-refractivity contribution < 1.29 is 14.0 Å². The summed E-state index contributed by atoms with van der Waals surface area (Å²) in [5, 5.41) is 7.33. The SMILES string of the molecule is C/C(CC(=O)NC12CC3CC(CC(C3)C1)C2)=N/NC(=O)c1ccco1. The number of rotatable bonds is 5. The van der Waals surface area contributed by atoms with E-state index in [1.54, 1.807) is 19.1 Å². The Morgan fingerprint density at radius 2 is 1.84 bits per heavy atom. The van der Waals surface area contributed by atoms with Gasteiger partial charge in [0.15, 0.2) is 5.76 Å². The lowest BCUT2D eigenvalue weighted by Gasteiger charge is -2.56. The minimum Gasteiger partial charge on any atom is -0.459 e. The third-order valence-corrected chi connectivity index (χ3v) is 5.95. The van der Waals surface area contributed by atoms with Crippen LogP contribution in [0.3, 0.4) is 0 Å². The molecule has 1 aromatic heterocycles. The maximum absolute atomic E-state index is 12.5. The number of hydrazone groups is 1. The predicted molar refractivity (Wildman–Crippen MR) is 92.9 cm³/mol. The van der Waals surface area contributed by atoms with Gasteiger partial charge in [0.1, 0.15) is 0 Å². The van der Waals surface area contributed by atoms with E-state index < -0.39 is 5.91 Å². The molecular formula is C19H25N3O3. The van der Waals surface area contributed by atoms with Gasteiger partial charge in [-0.05, 0) is 75.3 Å². The van der Waals surface area contributed by atoms with Crippen LogP contribution < -0.4 is 10.7 Å². The maximum atomic E-state index is 12.5. The van der Waals surface area contributed by atoms with Crippen molar-refractivity contribution in [2.75, 3.05) is 0 Å². The number of furan rings is 1. The molecule has 5 rings (SSSR count). The van der Waals surface area contributed by atoms with Crippen molar-refractivity contribution in [3.63, 3.8) is 0 Å². The van der Waals surface area contributed by atoms with Gasteiger partial charge in [-0.15, -0.1) is 0 Å². The maximum Gasteiger partial charge on any atom is 0.307 e. The van der Waals surface area contributed by atoms with Crippen LogP contribution in [0.25, 0.3) is 0 Å². The lowest BCUT2D eigenvalue weighted by Crippen LogP contribution is -2.60. The molecule has 6 nitrogen and oxygen atoms in total. The summed E-state index contributed by atoms with van der Waals surface area (Å²) in [4.78, 5) is 24.3. The number of carbonyl (C=O) groups excluding carboxylic acids is 2. The Morgan fingerprint density at radius 1 is 1.20 bits per heavy atom. The highest BCUT2D eigenvalue weighted by Gasteiger charge is 2.51. The van der Waals surface area contributed by atoms with Crippen LogP contribution in [0, 0.1) is 17.8 Å². The summed E-state index contributed by atoms with van der Waals surface area (Å²) in [6, 6.07) is 3.21. The van der Waals surface area contributed by atoms with E-state index in [0.29, 0.717) is 5.71 Å². The van der Waals surface area contributed by atoms with E-state index in [2.05, 4.69) is 15.8 Å². The summed E-state index contributed by atoms with van der Waals surface area (Å²) >= 11 is 0. The Kier molecular flexibility index (Phi) is 4.13. The molecule has 0 radical (unpaired) electrons. The quantitative estimate of drug-likeness (QED) is 0.637. The molecule has 6 heteroatoms. The lowest BCUT2D eigenvalue weighted by atomic mass is 9.53. The number of hydrogen-bond acceptors (Lipinski definition) is 4. The number of carbonyl (C=O) groups is 2. The molecule has 4 aliphatic carbocycles. The highest BCUT2D eigenvalue weighted by atomic mass is 16.3. The van der Waals surface area contributed by atoms with Crippen LogP contribution in [0.15, 0.2) is 27.9 Å². The second-order valence-corrected chi connectivity index (χ2v) is 8.19. The topological polar surface area (TPSA) is 83.7 Å². The fraction of sp³-hybridized carbons (Fsp3) is 0.632. The van der Waals surface area contributed by atoms with Crippen molar-refractivity contribution in [2.45, 2.75) is 57.4 Å². The third kappa shape index (κ3) is 3.48. The Labute approximate surface area is 147 Å². The summed E-state index contributed by atoms with van der Waals surface area (Å²) in [5.74, 6) is 2.20. The van der Waals surface area contributed by atoms with Gasteiger partial charge in [-0.2, -0.15) is 5.10 Å². The molecule has 0 saturated heterocycles. The molecule has 4 aliphatic rings. The van der Waals surface area contributed by atoms with E-state index in [-0.39, 0.29) is 23.6 Å². The summed E-state index contributed by atoms with van der Waals surface area (Å²) in [7, 11) is 0. The molecule has 0 unspecified atom stereocenters. The lowest BCUT2D eigenvalue weighted by molar-refractivity contribution is -0.125. The van der Waals surface area contributed by atoms with Crippen LogP contribution in [0.1, 0.15) is 62.4 Å². The van der Waals surface area contributed by atoms with Crippen molar-refractivity contribution in [3.05, 3.63) is 24.2 Å². The predicted octanol–water partition coefficient (Wildman–Crippen LogP) is 2.86. The third-order valence-electron chi connectivity index (χ3n) is 5.95. The van der Waals surface area contributed by atoms with E-state index >= 15 is 0 Å². The molecule has 134 valence electrons. The van der Waals surface area contributed by atoms with Crippen LogP contribution in [0.5, 0.6) is 0 Å². The molecule has 1 heterocycles. The minimum absolute atomic E-state index is 0.00967. The number of nitrogens with one attached hydrogen (secondary N) is 2. The van der Waals surface area contributed by atoms with Crippen LogP contribution in [-0.2, 0) is 4.79 Å². The normalized spacial score (nSPS) is 33.3. The second kappa shape index (κ2) is 6.32. The zero-order chi connectivity index (χ0) is 17.4. The highest BCUT2D eigenvalue weighted by Crippen LogP contribution is 2.55. The van der Waals surface area contributed by atoms with E-state index in [4.69, 9.17) is 4.42 Å². The molecule has 4 saturated carbocycles. The van der Waals surface area contributed by atoms with Gasteiger partial charge in [0, 0.05) is 11.3 Å². The zero-order valence-corrected chi connectivity index (χ0v) is 14.6. The van der Waals surface area contributed by atoms with Crippen molar-refractivity contribution >= 4 is 17.5 Å². The second-order valence-electron chi connectivity index (χ2n) is 8.19. The zero-order valence-electron chi connectivity index (χ0n) is 14.6. The number of hydrogen-bond donors (Lipinski definition) is 2. The fourth-order valence-corrected chi connectivity index (χ4v) is 5.48. The molecule has 4 bridgehead atoms. The first-order valence-electron chi connectivity index (χ1n) is 9.19. The molecule has 1 aromatic rings. The molecule has 2 N–H and O–H groups in total. The molecule has 0 spiro atoms. The molecular weight excluding hydrogens is 318 g/mol. The molecule has 2 amide bonds. The highest BCUT2D eigenvalue weighted by molar-refractivity contribution is 6.01. The molecule has 0 aromatic carbocycles. The first-order valence-corrected chi connectivity index (χ1v) is 9.19. The van der Waals surface area contributed by atoms with Gasteiger partial charge in [-0.1, -0.05) is 0 Å². The molecule has 0 aliphatic heterocycles. The van der Waals surface area contributed by atoms with Gasteiger partial charge in [0.25, 0.3) is 0 Å². The van der Waals surface area contributed by atoms with Gasteiger partial charge in [-0.3, -0.25) is 9.59 Å².